The smallest absolute Gasteiger partial charge is 0.231 e. The minimum atomic E-state index is 0.0258. The summed E-state index contributed by atoms with van der Waals surface area (Å²) >= 11 is 0. The van der Waals surface area contributed by atoms with Crippen molar-refractivity contribution >= 4 is 5.91 Å². The molecule has 4 heterocycles. The molecular formula is C18H19N5O3. The number of rotatable bonds is 4. The molecular weight excluding hydrogens is 334 g/mol. The molecule has 1 saturated heterocycles. The van der Waals surface area contributed by atoms with Crippen LogP contribution in [0.3, 0.4) is 0 Å². The maximum absolute atomic E-state index is 12.5. The van der Waals surface area contributed by atoms with Crippen molar-refractivity contribution in [2.75, 3.05) is 13.1 Å². The Balaban J connectivity index is 1.43. The van der Waals surface area contributed by atoms with E-state index < -0.39 is 0 Å². The Morgan fingerprint density at radius 2 is 2.27 bits per heavy atom. The van der Waals surface area contributed by atoms with Gasteiger partial charge in [-0.2, -0.15) is 4.98 Å². The number of piperidine rings is 1. The molecule has 4 rings (SSSR count). The van der Waals surface area contributed by atoms with Crippen molar-refractivity contribution in [3.63, 3.8) is 0 Å². The third kappa shape index (κ3) is 3.49. The van der Waals surface area contributed by atoms with Crippen LogP contribution in [0.5, 0.6) is 0 Å². The summed E-state index contributed by atoms with van der Waals surface area (Å²) in [4.78, 5) is 22.9. The van der Waals surface area contributed by atoms with Gasteiger partial charge in [-0.05, 0) is 31.9 Å². The average Bonchev–Trinajstić information content (AvgIpc) is 3.32. The number of pyridine rings is 1. The highest BCUT2D eigenvalue weighted by Crippen LogP contribution is 2.27. The Morgan fingerprint density at radius 1 is 1.35 bits per heavy atom. The number of aryl methyl sites for hydroxylation is 1. The van der Waals surface area contributed by atoms with Crippen molar-refractivity contribution in [1.82, 2.24) is 25.2 Å². The highest BCUT2D eigenvalue weighted by molar-refractivity contribution is 5.78. The first-order chi connectivity index (χ1) is 12.7. The lowest BCUT2D eigenvalue weighted by molar-refractivity contribution is -0.132. The first kappa shape index (κ1) is 16.4. The van der Waals surface area contributed by atoms with Gasteiger partial charge in [0, 0.05) is 37.1 Å². The quantitative estimate of drug-likeness (QED) is 0.710. The molecule has 0 aliphatic carbocycles. The molecule has 0 bridgehead atoms. The number of aromatic nitrogens is 4. The predicted octanol–water partition coefficient (Wildman–Crippen LogP) is 2.38. The number of hydrogen-bond donors (Lipinski definition) is 0. The molecule has 134 valence electrons. The minimum Gasteiger partial charge on any atom is -0.361 e. The minimum absolute atomic E-state index is 0.0258. The zero-order chi connectivity index (χ0) is 17.9. The molecule has 0 aromatic carbocycles. The van der Waals surface area contributed by atoms with Crippen molar-refractivity contribution in [1.29, 1.82) is 0 Å². The molecule has 0 unspecified atom stereocenters. The van der Waals surface area contributed by atoms with Gasteiger partial charge in [-0.3, -0.25) is 9.78 Å². The Hall–Kier alpha value is -3.03. The van der Waals surface area contributed by atoms with Gasteiger partial charge in [0.15, 0.2) is 0 Å². The van der Waals surface area contributed by atoms with Gasteiger partial charge in [0.2, 0.25) is 17.6 Å². The molecule has 3 aromatic heterocycles. The second kappa shape index (κ2) is 7.07. The second-order valence-electron chi connectivity index (χ2n) is 6.49. The van der Waals surface area contributed by atoms with E-state index in [4.69, 9.17) is 9.05 Å². The lowest BCUT2D eigenvalue weighted by atomic mass is 9.97. The first-order valence-electron chi connectivity index (χ1n) is 8.63. The number of carbonyl (C=O) groups excluding carboxylic acids is 1. The van der Waals surface area contributed by atoms with Crippen molar-refractivity contribution in [2.45, 2.75) is 32.1 Å². The molecule has 0 radical (unpaired) electrons. The molecule has 0 saturated carbocycles. The highest BCUT2D eigenvalue weighted by Gasteiger charge is 2.29. The Labute approximate surface area is 150 Å². The Bertz CT molecular complexity index is 889. The summed E-state index contributed by atoms with van der Waals surface area (Å²) in [6.45, 7) is 3.14. The number of hydrogen-bond acceptors (Lipinski definition) is 7. The summed E-state index contributed by atoms with van der Waals surface area (Å²) in [6, 6.07) is 5.51. The Morgan fingerprint density at radius 3 is 3.04 bits per heavy atom. The van der Waals surface area contributed by atoms with Crippen molar-refractivity contribution < 1.29 is 13.8 Å². The zero-order valence-electron chi connectivity index (χ0n) is 14.5. The van der Waals surface area contributed by atoms with Gasteiger partial charge in [0.05, 0.1) is 18.0 Å². The van der Waals surface area contributed by atoms with Crippen LogP contribution in [0.1, 0.15) is 36.1 Å². The zero-order valence-corrected chi connectivity index (χ0v) is 14.5. The van der Waals surface area contributed by atoms with Gasteiger partial charge in [-0.25, -0.2) is 0 Å². The van der Waals surface area contributed by atoms with Gasteiger partial charge < -0.3 is 13.9 Å². The maximum atomic E-state index is 12.5. The normalized spacial score (nSPS) is 17.4. The summed E-state index contributed by atoms with van der Waals surface area (Å²) < 4.78 is 10.6. The summed E-state index contributed by atoms with van der Waals surface area (Å²) in [5.41, 5.74) is 1.59. The van der Waals surface area contributed by atoms with Crippen LogP contribution in [0.2, 0.25) is 0 Å². The van der Waals surface area contributed by atoms with E-state index in [1.165, 1.54) is 0 Å². The van der Waals surface area contributed by atoms with Crippen LogP contribution < -0.4 is 0 Å². The van der Waals surface area contributed by atoms with E-state index in [1.54, 1.807) is 18.5 Å². The fraction of sp³-hybridized carbons (Fsp3) is 0.389. The van der Waals surface area contributed by atoms with Crippen LogP contribution in [0.4, 0.5) is 0 Å². The molecule has 26 heavy (non-hydrogen) atoms. The van der Waals surface area contributed by atoms with Crippen molar-refractivity contribution in [3.05, 3.63) is 47.9 Å². The molecule has 1 atom stereocenters. The van der Waals surface area contributed by atoms with Crippen LogP contribution in [-0.4, -0.2) is 44.2 Å². The second-order valence-corrected chi connectivity index (χ2v) is 6.49. The predicted molar refractivity (Wildman–Crippen MR) is 91.0 cm³/mol. The standard InChI is InChI=1S/C18H19N5O3/c1-12-8-15(25-21-12)9-16(24)23-7-3-5-14(11-23)18-20-17(22-26-18)13-4-2-6-19-10-13/h2,4,6,8,10,14H,3,5,7,9,11H2,1H3/t14-/m0/s1. The largest absolute Gasteiger partial charge is 0.361 e. The van der Waals surface area contributed by atoms with E-state index in [0.717, 1.165) is 30.6 Å². The first-order valence-corrected chi connectivity index (χ1v) is 8.63. The average molecular weight is 353 g/mol. The van der Waals surface area contributed by atoms with Crippen LogP contribution in [0, 0.1) is 6.92 Å². The number of likely N-dealkylation sites (tertiary alicyclic amines) is 1. The molecule has 8 nitrogen and oxygen atoms in total. The fourth-order valence-electron chi connectivity index (χ4n) is 3.18. The monoisotopic (exact) mass is 353 g/mol. The lowest BCUT2D eigenvalue weighted by Crippen LogP contribution is -2.40. The summed E-state index contributed by atoms with van der Waals surface area (Å²) in [7, 11) is 0. The van der Waals surface area contributed by atoms with E-state index >= 15 is 0 Å². The van der Waals surface area contributed by atoms with Gasteiger partial charge >= 0.3 is 0 Å². The summed E-state index contributed by atoms with van der Waals surface area (Å²) in [5, 5.41) is 7.87. The van der Waals surface area contributed by atoms with E-state index in [2.05, 4.69) is 20.3 Å². The van der Waals surface area contributed by atoms with E-state index in [1.807, 2.05) is 24.0 Å². The number of carbonyl (C=O) groups is 1. The van der Waals surface area contributed by atoms with Crippen LogP contribution in [0.25, 0.3) is 11.4 Å². The Kier molecular flexibility index (Phi) is 4.47. The summed E-state index contributed by atoms with van der Waals surface area (Å²) in [6.07, 6.45) is 5.44. The van der Waals surface area contributed by atoms with Gasteiger partial charge in [0.1, 0.15) is 5.76 Å². The maximum Gasteiger partial charge on any atom is 0.231 e. The fourth-order valence-corrected chi connectivity index (χ4v) is 3.18. The highest BCUT2D eigenvalue weighted by atomic mass is 16.5. The van der Waals surface area contributed by atoms with Crippen LogP contribution in [0.15, 0.2) is 39.6 Å². The molecule has 0 spiro atoms. The van der Waals surface area contributed by atoms with Gasteiger partial charge in [-0.15, -0.1) is 0 Å². The molecule has 0 N–H and O–H groups in total. The van der Waals surface area contributed by atoms with E-state index in [0.29, 0.717) is 24.0 Å². The van der Waals surface area contributed by atoms with Crippen LogP contribution in [-0.2, 0) is 11.2 Å². The van der Waals surface area contributed by atoms with Crippen LogP contribution >= 0.6 is 0 Å². The number of amides is 1. The third-order valence-electron chi connectivity index (χ3n) is 4.49. The molecule has 1 aliphatic rings. The third-order valence-corrected chi connectivity index (χ3v) is 4.49. The molecule has 1 amide bonds. The topological polar surface area (TPSA) is 98.2 Å². The van der Waals surface area contributed by atoms with E-state index in [9.17, 15) is 4.79 Å². The van der Waals surface area contributed by atoms with Crippen molar-refractivity contribution in [3.8, 4) is 11.4 Å². The SMILES string of the molecule is Cc1cc(CC(=O)N2CCC[C@H](c3nc(-c4cccnc4)no3)C2)on1. The van der Waals surface area contributed by atoms with Gasteiger partial charge in [-0.1, -0.05) is 10.3 Å². The van der Waals surface area contributed by atoms with E-state index in [-0.39, 0.29) is 18.2 Å². The van der Waals surface area contributed by atoms with Gasteiger partial charge in [0.25, 0.3) is 0 Å². The lowest BCUT2D eigenvalue weighted by Gasteiger charge is -2.30. The summed E-state index contributed by atoms with van der Waals surface area (Å²) in [5.74, 6) is 1.75. The van der Waals surface area contributed by atoms with Crippen molar-refractivity contribution in [2.24, 2.45) is 0 Å². The molecule has 8 heteroatoms. The number of nitrogens with zero attached hydrogens (tertiary/aromatic N) is 5. The molecule has 1 aliphatic heterocycles. The molecule has 3 aromatic rings. The molecule has 1 fully saturated rings.